The number of fused-ring (bicyclic) bond motifs is 2. The number of carbonyl (C=O) groups is 1. The number of anilines is 1. The zero-order valence-electron chi connectivity index (χ0n) is 13.0. The van der Waals surface area contributed by atoms with Gasteiger partial charge in [0.25, 0.3) is 0 Å². The molecule has 1 aromatic heterocycles. The summed E-state index contributed by atoms with van der Waals surface area (Å²) in [7, 11) is 0. The molecule has 22 heavy (non-hydrogen) atoms. The molecule has 0 saturated carbocycles. The summed E-state index contributed by atoms with van der Waals surface area (Å²) in [6, 6.07) is 8.21. The first-order valence-electron chi connectivity index (χ1n) is 7.95. The Morgan fingerprint density at radius 1 is 1.18 bits per heavy atom. The van der Waals surface area contributed by atoms with Gasteiger partial charge in [-0.05, 0) is 38.8 Å². The lowest BCUT2D eigenvalue weighted by atomic mass is 10.1. The Kier molecular flexibility index (Phi) is 3.03. The maximum Gasteiger partial charge on any atom is 0.245 e. The number of nitrogens with zero attached hydrogens (tertiary/aromatic N) is 4. The molecule has 1 aromatic carbocycles. The van der Waals surface area contributed by atoms with Gasteiger partial charge in [0.1, 0.15) is 17.7 Å². The number of para-hydroxylation sites is 1. The van der Waals surface area contributed by atoms with Crippen LogP contribution in [0.1, 0.15) is 25.6 Å². The Balaban J connectivity index is 1.82. The van der Waals surface area contributed by atoms with E-state index < -0.39 is 0 Å². The Labute approximate surface area is 130 Å². The molecule has 0 bridgehead atoms. The molecular formula is C17H20N4O. The van der Waals surface area contributed by atoms with Crippen LogP contribution in [-0.2, 0) is 4.79 Å². The van der Waals surface area contributed by atoms with Crippen LogP contribution in [-0.4, -0.2) is 45.9 Å². The van der Waals surface area contributed by atoms with Gasteiger partial charge >= 0.3 is 0 Å². The molecule has 5 heteroatoms. The summed E-state index contributed by atoms with van der Waals surface area (Å²) in [6.07, 6.45) is 2.21. The van der Waals surface area contributed by atoms with E-state index in [0.717, 1.165) is 48.5 Å². The first kappa shape index (κ1) is 13.5. The highest BCUT2D eigenvalue weighted by atomic mass is 16.2. The molecule has 5 nitrogen and oxygen atoms in total. The summed E-state index contributed by atoms with van der Waals surface area (Å²) in [4.78, 5) is 26.1. The van der Waals surface area contributed by atoms with Crippen molar-refractivity contribution in [2.75, 3.05) is 18.0 Å². The number of carbonyl (C=O) groups excluding carboxylic acids is 1. The highest BCUT2D eigenvalue weighted by molar-refractivity contribution is 5.94. The van der Waals surface area contributed by atoms with Gasteiger partial charge < -0.3 is 9.80 Å². The van der Waals surface area contributed by atoms with Crippen molar-refractivity contribution >= 4 is 22.6 Å². The topological polar surface area (TPSA) is 49.3 Å². The predicted octanol–water partition coefficient (Wildman–Crippen LogP) is 2.14. The standard InChI is InChI=1S/C17H20N4O/c1-11-17(22)20-9-5-6-13(20)10-21(11)16-14-7-3-4-8-15(14)18-12(2)19-16/h3-4,7-8,11,13H,5-6,9-10H2,1-2H3/t11-,13-/m0/s1. The van der Waals surface area contributed by atoms with Crippen LogP contribution >= 0.6 is 0 Å². The lowest BCUT2D eigenvalue weighted by molar-refractivity contribution is -0.134. The number of piperazine rings is 1. The monoisotopic (exact) mass is 296 g/mol. The van der Waals surface area contributed by atoms with Crippen LogP contribution in [0.4, 0.5) is 5.82 Å². The van der Waals surface area contributed by atoms with E-state index in [1.54, 1.807) is 0 Å². The van der Waals surface area contributed by atoms with Crippen LogP contribution in [0.2, 0.25) is 0 Å². The van der Waals surface area contributed by atoms with Gasteiger partial charge in [-0.1, -0.05) is 12.1 Å². The van der Waals surface area contributed by atoms with Gasteiger partial charge in [0.2, 0.25) is 5.91 Å². The number of hydrogen-bond acceptors (Lipinski definition) is 4. The average Bonchev–Trinajstić information content (AvgIpc) is 2.98. The molecule has 0 N–H and O–H groups in total. The molecule has 2 aliphatic heterocycles. The Morgan fingerprint density at radius 3 is 2.86 bits per heavy atom. The van der Waals surface area contributed by atoms with Crippen LogP contribution < -0.4 is 4.90 Å². The highest BCUT2D eigenvalue weighted by Crippen LogP contribution is 2.32. The van der Waals surface area contributed by atoms with Crippen molar-refractivity contribution in [2.45, 2.75) is 38.8 Å². The first-order chi connectivity index (χ1) is 10.6. The summed E-state index contributed by atoms with van der Waals surface area (Å²) < 4.78 is 0. The number of amides is 1. The maximum absolute atomic E-state index is 12.7. The van der Waals surface area contributed by atoms with Gasteiger partial charge in [-0.2, -0.15) is 0 Å². The van der Waals surface area contributed by atoms with E-state index in [1.807, 2.05) is 38.1 Å². The zero-order chi connectivity index (χ0) is 15.3. The molecule has 0 aliphatic carbocycles. The third-order valence-electron chi connectivity index (χ3n) is 4.86. The van der Waals surface area contributed by atoms with Crippen molar-refractivity contribution in [2.24, 2.45) is 0 Å². The smallest absolute Gasteiger partial charge is 0.245 e. The normalized spacial score (nSPS) is 24.9. The third-order valence-corrected chi connectivity index (χ3v) is 4.86. The van der Waals surface area contributed by atoms with E-state index in [2.05, 4.69) is 19.8 Å². The van der Waals surface area contributed by atoms with E-state index in [4.69, 9.17) is 0 Å². The summed E-state index contributed by atoms with van der Waals surface area (Å²) in [5, 5.41) is 1.03. The molecule has 2 fully saturated rings. The number of benzene rings is 1. The first-order valence-corrected chi connectivity index (χ1v) is 7.95. The van der Waals surface area contributed by atoms with Gasteiger partial charge in [-0.15, -0.1) is 0 Å². The van der Waals surface area contributed by atoms with Crippen molar-refractivity contribution in [3.8, 4) is 0 Å². The maximum atomic E-state index is 12.7. The molecule has 2 saturated heterocycles. The molecule has 2 aliphatic rings. The number of hydrogen-bond donors (Lipinski definition) is 0. The molecule has 3 heterocycles. The van der Waals surface area contributed by atoms with E-state index in [-0.39, 0.29) is 11.9 Å². The van der Waals surface area contributed by atoms with Crippen molar-refractivity contribution < 1.29 is 4.79 Å². The summed E-state index contributed by atoms with van der Waals surface area (Å²) in [5.74, 6) is 1.88. The van der Waals surface area contributed by atoms with Gasteiger partial charge in [0.15, 0.2) is 0 Å². The van der Waals surface area contributed by atoms with Crippen molar-refractivity contribution in [3.63, 3.8) is 0 Å². The van der Waals surface area contributed by atoms with Crippen LogP contribution in [0.25, 0.3) is 10.9 Å². The molecule has 4 rings (SSSR count). The van der Waals surface area contributed by atoms with E-state index in [0.29, 0.717) is 6.04 Å². The second kappa shape index (κ2) is 4.93. The Bertz CT molecular complexity index is 745. The molecular weight excluding hydrogens is 276 g/mol. The zero-order valence-corrected chi connectivity index (χ0v) is 13.0. The highest BCUT2D eigenvalue weighted by Gasteiger charge is 2.41. The van der Waals surface area contributed by atoms with Crippen LogP contribution in [0.3, 0.4) is 0 Å². The second-order valence-corrected chi connectivity index (χ2v) is 6.27. The number of aryl methyl sites for hydroxylation is 1. The summed E-state index contributed by atoms with van der Waals surface area (Å²) >= 11 is 0. The molecule has 2 aromatic rings. The molecule has 1 amide bonds. The lowest BCUT2D eigenvalue weighted by Crippen LogP contribution is -2.59. The van der Waals surface area contributed by atoms with E-state index in [9.17, 15) is 4.79 Å². The molecule has 0 radical (unpaired) electrons. The van der Waals surface area contributed by atoms with E-state index >= 15 is 0 Å². The second-order valence-electron chi connectivity index (χ2n) is 6.27. The third kappa shape index (κ3) is 1.95. The van der Waals surface area contributed by atoms with Crippen molar-refractivity contribution in [3.05, 3.63) is 30.1 Å². The van der Waals surface area contributed by atoms with Crippen LogP contribution in [0.5, 0.6) is 0 Å². The summed E-state index contributed by atoms with van der Waals surface area (Å²) in [5.41, 5.74) is 0.943. The quantitative estimate of drug-likeness (QED) is 0.809. The fourth-order valence-electron chi connectivity index (χ4n) is 3.74. The Hall–Kier alpha value is -2.17. The molecule has 2 atom stereocenters. The van der Waals surface area contributed by atoms with Gasteiger partial charge in [0, 0.05) is 24.5 Å². The minimum atomic E-state index is -0.160. The lowest BCUT2D eigenvalue weighted by Gasteiger charge is -2.42. The summed E-state index contributed by atoms with van der Waals surface area (Å²) in [6.45, 7) is 5.68. The minimum absolute atomic E-state index is 0.160. The Morgan fingerprint density at radius 2 is 2.00 bits per heavy atom. The largest absolute Gasteiger partial charge is 0.342 e. The fraction of sp³-hybridized carbons (Fsp3) is 0.471. The van der Waals surface area contributed by atoms with Crippen LogP contribution in [0, 0.1) is 6.92 Å². The van der Waals surface area contributed by atoms with Gasteiger partial charge in [-0.3, -0.25) is 4.79 Å². The molecule has 114 valence electrons. The van der Waals surface area contributed by atoms with Gasteiger partial charge in [-0.25, -0.2) is 9.97 Å². The molecule has 0 spiro atoms. The van der Waals surface area contributed by atoms with Crippen molar-refractivity contribution in [1.29, 1.82) is 0 Å². The minimum Gasteiger partial charge on any atom is -0.342 e. The fourth-order valence-corrected chi connectivity index (χ4v) is 3.74. The number of aromatic nitrogens is 2. The van der Waals surface area contributed by atoms with Crippen LogP contribution in [0.15, 0.2) is 24.3 Å². The van der Waals surface area contributed by atoms with Crippen molar-refractivity contribution in [1.82, 2.24) is 14.9 Å². The predicted molar refractivity (Wildman–Crippen MR) is 85.8 cm³/mol. The average molecular weight is 296 g/mol. The van der Waals surface area contributed by atoms with Gasteiger partial charge in [0.05, 0.1) is 5.52 Å². The molecule has 0 unspecified atom stereocenters. The van der Waals surface area contributed by atoms with E-state index in [1.165, 1.54) is 0 Å². The number of rotatable bonds is 1. The SMILES string of the molecule is Cc1nc(N2C[C@@H]3CCCN3C(=O)[C@@H]2C)c2ccccc2n1.